The van der Waals surface area contributed by atoms with Crippen LogP contribution in [-0.2, 0) is 13.1 Å². The van der Waals surface area contributed by atoms with Gasteiger partial charge in [0.25, 0.3) is 0 Å². The van der Waals surface area contributed by atoms with Gasteiger partial charge in [-0.2, -0.15) is 5.10 Å². The maximum atomic E-state index is 13.3. The van der Waals surface area contributed by atoms with E-state index in [4.69, 9.17) is 0 Å². The smallest absolute Gasteiger partial charge is 0.193 e. The van der Waals surface area contributed by atoms with E-state index in [1.165, 1.54) is 12.1 Å². The van der Waals surface area contributed by atoms with Gasteiger partial charge in [0.2, 0.25) is 0 Å². The van der Waals surface area contributed by atoms with E-state index in [0.717, 1.165) is 22.9 Å². The minimum Gasteiger partial charge on any atom is -0.352 e. The van der Waals surface area contributed by atoms with E-state index in [2.05, 4.69) is 20.4 Å². The SMILES string of the molecule is CN=C(NCc1ccnc(-n2cccn2)c1)N(C)Cc1cccc(F)c1. The predicted molar refractivity (Wildman–Crippen MR) is 99.4 cm³/mol. The highest BCUT2D eigenvalue weighted by Crippen LogP contribution is 2.08. The maximum Gasteiger partial charge on any atom is 0.193 e. The number of hydrogen-bond acceptors (Lipinski definition) is 3. The van der Waals surface area contributed by atoms with Gasteiger partial charge in [-0.05, 0) is 41.5 Å². The van der Waals surface area contributed by atoms with Crippen LogP contribution in [0.15, 0.2) is 66.0 Å². The summed E-state index contributed by atoms with van der Waals surface area (Å²) in [6.07, 6.45) is 5.33. The Hall–Kier alpha value is -3.22. The lowest BCUT2D eigenvalue weighted by molar-refractivity contribution is 0.474. The van der Waals surface area contributed by atoms with Gasteiger partial charge in [-0.15, -0.1) is 0 Å². The molecule has 0 saturated heterocycles. The highest BCUT2D eigenvalue weighted by Gasteiger charge is 2.08. The van der Waals surface area contributed by atoms with Crippen molar-refractivity contribution in [3.63, 3.8) is 0 Å². The zero-order valence-corrected chi connectivity index (χ0v) is 14.8. The van der Waals surface area contributed by atoms with Crippen LogP contribution in [0.2, 0.25) is 0 Å². The van der Waals surface area contributed by atoms with Gasteiger partial charge in [0.15, 0.2) is 11.8 Å². The highest BCUT2D eigenvalue weighted by atomic mass is 19.1. The summed E-state index contributed by atoms with van der Waals surface area (Å²) in [5.74, 6) is 1.26. The van der Waals surface area contributed by atoms with E-state index in [9.17, 15) is 4.39 Å². The molecule has 0 aliphatic carbocycles. The Labute approximate surface area is 152 Å². The molecule has 0 saturated carbocycles. The largest absolute Gasteiger partial charge is 0.352 e. The molecule has 0 aliphatic heterocycles. The second-order valence-electron chi connectivity index (χ2n) is 5.86. The topological polar surface area (TPSA) is 58.3 Å². The molecular weight excluding hydrogens is 331 g/mol. The van der Waals surface area contributed by atoms with E-state index in [-0.39, 0.29) is 5.82 Å². The molecule has 3 rings (SSSR count). The van der Waals surface area contributed by atoms with Gasteiger partial charge < -0.3 is 10.2 Å². The number of rotatable bonds is 5. The van der Waals surface area contributed by atoms with Crippen LogP contribution in [-0.4, -0.2) is 39.7 Å². The maximum absolute atomic E-state index is 13.3. The van der Waals surface area contributed by atoms with Crippen molar-refractivity contribution in [1.82, 2.24) is 25.0 Å². The first-order valence-electron chi connectivity index (χ1n) is 8.27. The normalized spacial score (nSPS) is 11.4. The van der Waals surface area contributed by atoms with Crippen LogP contribution in [0.5, 0.6) is 0 Å². The van der Waals surface area contributed by atoms with Gasteiger partial charge in [0.1, 0.15) is 5.82 Å². The second-order valence-corrected chi connectivity index (χ2v) is 5.86. The molecule has 0 radical (unpaired) electrons. The average Bonchev–Trinajstić information content (AvgIpc) is 3.17. The van der Waals surface area contributed by atoms with Crippen LogP contribution in [0.1, 0.15) is 11.1 Å². The molecule has 0 unspecified atom stereocenters. The van der Waals surface area contributed by atoms with Crippen LogP contribution in [0, 0.1) is 5.82 Å². The minimum atomic E-state index is -0.234. The van der Waals surface area contributed by atoms with Crippen molar-refractivity contribution >= 4 is 5.96 Å². The van der Waals surface area contributed by atoms with Gasteiger partial charge in [-0.1, -0.05) is 12.1 Å². The fourth-order valence-electron chi connectivity index (χ4n) is 2.65. The summed E-state index contributed by atoms with van der Waals surface area (Å²) in [7, 11) is 3.65. The molecule has 0 spiro atoms. The molecule has 1 N–H and O–H groups in total. The Bertz CT molecular complexity index is 875. The van der Waals surface area contributed by atoms with E-state index >= 15 is 0 Å². The third kappa shape index (κ3) is 4.44. The molecule has 3 aromatic rings. The molecule has 26 heavy (non-hydrogen) atoms. The number of nitrogens with zero attached hydrogens (tertiary/aromatic N) is 5. The summed E-state index contributed by atoms with van der Waals surface area (Å²) in [6.45, 7) is 1.16. The molecule has 1 aromatic carbocycles. The van der Waals surface area contributed by atoms with Crippen molar-refractivity contribution < 1.29 is 4.39 Å². The molecule has 0 bridgehead atoms. The Morgan fingerprint density at radius 2 is 2.08 bits per heavy atom. The predicted octanol–water partition coefficient (Wildman–Crippen LogP) is 2.61. The lowest BCUT2D eigenvalue weighted by Gasteiger charge is -2.22. The number of aromatic nitrogens is 3. The van der Waals surface area contributed by atoms with Gasteiger partial charge in [0, 0.05) is 45.8 Å². The van der Waals surface area contributed by atoms with Crippen molar-refractivity contribution in [1.29, 1.82) is 0 Å². The molecule has 0 atom stereocenters. The first-order valence-corrected chi connectivity index (χ1v) is 8.27. The molecule has 7 heteroatoms. The average molecular weight is 352 g/mol. The van der Waals surface area contributed by atoms with Crippen molar-refractivity contribution in [2.45, 2.75) is 13.1 Å². The summed E-state index contributed by atoms with van der Waals surface area (Å²) < 4.78 is 15.1. The Morgan fingerprint density at radius 3 is 2.81 bits per heavy atom. The molecular formula is C19H21FN6. The van der Waals surface area contributed by atoms with Crippen molar-refractivity contribution in [3.05, 3.63) is 78.0 Å². The van der Waals surface area contributed by atoms with Crippen molar-refractivity contribution in [2.75, 3.05) is 14.1 Å². The fourth-order valence-corrected chi connectivity index (χ4v) is 2.65. The van der Waals surface area contributed by atoms with Gasteiger partial charge in [0.05, 0.1) is 0 Å². The summed E-state index contributed by atoms with van der Waals surface area (Å²) >= 11 is 0. The van der Waals surface area contributed by atoms with E-state index < -0.39 is 0 Å². The zero-order chi connectivity index (χ0) is 18.4. The summed E-state index contributed by atoms with van der Waals surface area (Å²) in [5.41, 5.74) is 1.95. The Kier molecular flexibility index (Phi) is 5.58. The summed E-state index contributed by atoms with van der Waals surface area (Å²) in [6, 6.07) is 12.4. The van der Waals surface area contributed by atoms with Crippen LogP contribution >= 0.6 is 0 Å². The number of pyridine rings is 1. The van der Waals surface area contributed by atoms with Crippen LogP contribution < -0.4 is 5.32 Å². The van der Waals surface area contributed by atoms with Crippen LogP contribution in [0.25, 0.3) is 5.82 Å². The molecule has 6 nitrogen and oxygen atoms in total. The van der Waals surface area contributed by atoms with Gasteiger partial charge in [-0.3, -0.25) is 4.99 Å². The van der Waals surface area contributed by atoms with Crippen molar-refractivity contribution in [2.24, 2.45) is 4.99 Å². The molecule has 0 amide bonds. The Morgan fingerprint density at radius 1 is 1.19 bits per heavy atom. The second kappa shape index (κ2) is 8.24. The summed E-state index contributed by atoms with van der Waals surface area (Å²) in [4.78, 5) is 10.6. The Balaban J connectivity index is 1.63. The fraction of sp³-hybridized carbons (Fsp3) is 0.211. The number of nitrogens with one attached hydrogen (secondary N) is 1. The minimum absolute atomic E-state index is 0.234. The van der Waals surface area contributed by atoms with Crippen LogP contribution in [0.3, 0.4) is 0 Å². The molecule has 0 fully saturated rings. The highest BCUT2D eigenvalue weighted by molar-refractivity contribution is 5.79. The summed E-state index contributed by atoms with van der Waals surface area (Å²) in [5, 5.41) is 7.51. The van der Waals surface area contributed by atoms with Gasteiger partial charge >= 0.3 is 0 Å². The molecule has 134 valence electrons. The first kappa shape index (κ1) is 17.6. The monoisotopic (exact) mass is 352 g/mol. The quantitative estimate of drug-likeness (QED) is 0.566. The number of guanidine groups is 1. The van der Waals surface area contributed by atoms with E-state index in [1.807, 2.05) is 42.4 Å². The number of halogens is 1. The molecule has 2 heterocycles. The van der Waals surface area contributed by atoms with Crippen LogP contribution in [0.4, 0.5) is 4.39 Å². The number of aliphatic imine (C=N–C) groups is 1. The van der Waals surface area contributed by atoms with Gasteiger partial charge in [-0.25, -0.2) is 14.1 Å². The van der Waals surface area contributed by atoms with Crippen molar-refractivity contribution in [3.8, 4) is 5.82 Å². The molecule has 2 aromatic heterocycles. The standard InChI is InChI=1S/C19H21FN6/c1-21-19(25(2)14-16-5-3-6-17(20)11-16)23-13-15-7-9-22-18(12-15)26-10-4-8-24-26/h3-12H,13-14H2,1-2H3,(H,21,23). The zero-order valence-electron chi connectivity index (χ0n) is 14.8. The number of hydrogen-bond donors (Lipinski definition) is 1. The number of benzene rings is 1. The van der Waals surface area contributed by atoms with E-state index in [0.29, 0.717) is 13.1 Å². The molecule has 0 aliphatic rings. The lowest BCUT2D eigenvalue weighted by Crippen LogP contribution is -2.38. The van der Waals surface area contributed by atoms with E-state index in [1.54, 1.807) is 30.2 Å². The third-order valence-corrected chi connectivity index (χ3v) is 3.88. The third-order valence-electron chi connectivity index (χ3n) is 3.88. The lowest BCUT2D eigenvalue weighted by atomic mass is 10.2. The first-order chi connectivity index (χ1) is 12.7.